The van der Waals surface area contributed by atoms with Crippen molar-refractivity contribution < 1.29 is 55.5 Å². The van der Waals surface area contributed by atoms with Crippen LogP contribution in [0.2, 0.25) is 0 Å². The summed E-state index contributed by atoms with van der Waals surface area (Å²) in [5.41, 5.74) is 1.23. The Labute approximate surface area is 144 Å². The quantitative estimate of drug-likeness (QED) is 0.540. The van der Waals surface area contributed by atoms with Gasteiger partial charge in [0.05, 0.1) is 9.79 Å². The first-order valence-corrected chi connectivity index (χ1v) is 8.17. The molecule has 21 heavy (non-hydrogen) atoms. The summed E-state index contributed by atoms with van der Waals surface area (Å²) in [6, 6.07) is 10.6. The average molecular weight is 336 g/mol. The molecule has 0 saturated carbocycles. The molecule has 106 valence electrons. The molecule has 2 rings (SSSR count). The molecule has 1 N–H and O–H groups in total. The van der Waals surface area contributed by atoms with E-state index in [0.717, 1.165) is 0 Å². The standard InChI is InChI=1S/C12H10O6S2.Na/c13-19(14,15)11-5-1-9(2-6-11)10-3-7-12(8-4-10)20(16,17)18;/h1-8H,(H,13,14,15)(H,16,17,18);/q;+1/p-1. The van der Waals surface area contributed by atoms with Gasteiger partial charge in [0.2, 0.25) is 0 Å². The molecule has 0 aliphatic rings. The van der Waals surface area contributed by atoms with Crippen LogP contribution in [0.5, 0.6) is 0 Å². The molecule has 0 unspecified atom stereocenters. The van der Waals surface area contributed by atoms with Crippen molar-refractivity contribution in [1.82, 2.24) is 0 Å². The Morgan fingerprint density at radius 3 is 1.33 bits per heavy atom. The maximum Gasteiger partial charge on any atom is 1.00 e. The van der Waals surface area contributed by atoms with Crippen LogP contribution in [-0.2, 0) is 20.2 Å². The van der Waals surface area contributed by atoms with Crippen molar-refractivity contribution in [2.75, 3.05) is 0 Å². The van der Waals surface area contributed by atoms with Gasteiger partial charge >= 0.3 is 29.6 Å². The molecule has 0 aliphatic heterocycles. The van der Waals surface area contributed by atoms with Crippen LogP contribution in [0.3, 0.4) is 0 Å². The SMILES string of the molecule is O=S(=O)([O-])c1ccc(-c2ccc(S(=O)(=O)O)cc2)cc1.[Na+]. The molecule has 0 atom stereocenters. The van der Waals surface area contributed by atoms with Crippen LogP contribution < -0.4 is 29.6 Å². The van der Waals surface area contributed by atoms with Gasteiger partial charge in [0.15, 0.2) is 0 Å². The molecule has 0 heterocycles. The molecule has 6 nitrogen and oxygen atoms in total. The molecule has 0 fully saturated rings. The predicted molar refractivity (Wildman–Crippen MR) is 69.7 cm³/mol. The maximum absolute atomic E-state index is 10.9. The summed E-state index contributed by atoms with van der Waals surface area (Å²) in [6.45, 7) is 0. The fourth-order valence-corrected chi connectivity index (χ4v) is 2.58. The summed E-state index contributed by atoms with van der Waals surface area (Å²) in [6.07, 6.45) is 0. The van der Waals surface area contributed by atoms with E-state index in [1.165, 1.54) is 48.5 Å². The number of benzene rings is 2. The Hall–Kier alpha value is -0.740. The van der Waals surface area contributed by atoms with E-state index in [1.807, 2.05) is 0 Å². The molecular formula is C12H9NaO6S2. The smallest absolute Gasteiger partial charge is 0.744 e. The Kier molecular flexibility index (Phi) is 5.73. The minimum atomic E-state index is -4.49. The van der Waals surface area contributed by atoms with Crippen molar-refractivity contribution in [2.24, 2.45) is 0 Å². The second-order valence-corrected chi connectivity index (χ2v) is 6.78. The predicted octanol–water partition coefficient (Wildman–Crippen LogP) is -1.49. The molecule has 0 saturated heterocycles. The molecule has 2 aromatic rings. The molecule has 0 amide bonds. The molecule has 0 bridgehead atoms. The Morgan fingerprint density at radius 2 is 1.05 bits per heavy atom. The van der Waals surface area contributed by atoms with E-state index in [-0.39, 0.29) is 39.3 Å². The fraction of sp³-hybridized carbons (Fsp3) is 0. The number of rotatable bonds is 3. The van der Waals surface area contributed by atoms with Crippen LogP contribution in [0, 0.1) is 0 Å². The van der Waals surface area contributed by atoms with Crippen molar-refractivity contribution in [3.05, 3.63) is 48.5 Å². The zero-order valence-corrected chi connectivity index (χ0v) is 14.6. The second kappa shape index (κ2) is 6.57. The van der Waals surface area contributed by atoms with Crippen LogP contribution >= 0.6 is 0 Å². The minimum Gasteiger partial charge on any atom is -0.744 e. The topological polar surface area (TPSA) is 112 Å². The van der Waals surface area contributed by atoms with Gasteiger partial charge in [-0.1, -0.05) is 24.3 Å². The van der Waals surface area contributed by atoms with Gasteiger partial charge in [-0.25, -0.2) is 8.42 Å². The molecule has 0 aliphatic carbocycles. The van der Waals surface area contributed by atoms with Gasteiger partial charge in [0.25, 0.3) is 10.1 Å². The van der Waals surface area contributed by atoms with Crippen LogP contribution in [0.4, 0.5) is 0 Å². The van der Waals surface area contributed by atoms with E-state index in [9.17, 15) is 21.4 Å². The first kappa shape index (κ1) is 18.3. The van der Waals surface area contributed by atoms with Crippen LogP contribution in [-0.4, -0.2) is 25.9 Å². The monoisotopic (exact) mass is 336 g/mol. The van der Waals surface area contributed by atoms with Crippen LogP contribution in [0.25, 0.3) is 11.1 Å². The van der Waals surface area contributed by atoms with Gasteiger partial charge in [-0.05, 0) is 35.4 Å². The summed E-state index contributed by atoms with van der Waals surface area (Å²) in [5, 5.41) is 0. The average Bonchev–Trinajstić information content (AvgIpc) is 2.37. The molecule has 0 aromatic heterocycles. The third kappa shape index (κ3) is 4.62. The fourth-order valence-electron chi connectivity index (χ4n) is 1.63. The van der Waals surface area contributed by atoms with Crippen molar-refractivity contribution in [1.29, 1.82) is 0 Å². The summed E-state index contributed by atoms with van der Waals surface area (Å²) < 4.78 is 63.0. The van der Waals surface area contributed by atoms with Gasteiger partial charge in [-0.2, -0.15) is 8.42 Å². The summed E-state index contributed by atoms with van der Waals surface area (Å²) >= 11 is 0. The van der Waals surface area contributed by atoms with Crippen molar-refractivity contribution in [3.63, 3.8) is 0 Å². The molecule has 0 radical (unpaired) electrons. The molecular weight excluding hydrogens is 327 g/mol. The van der Waals surface area contributed by atoms with Gasteiger partial charge in [0, 0.05) is 0 Å². The van der Waals surface area contributed by atoms with E-state index in [0.29, 0.717) is 11.1 Å². The van der Waals surface area contributed by atoms with Crippen molar-refractivity contribution >= 4 is 20.2 Å². The van der Waals surface area contributed by atoms with Crippen molar-refractivity contribution in [3.8, 4) is 11.1 Å². The Morgan fingerprint density at radius 1 is 0.714 bits per heavy atom. The van der Waals surface area contributed by atoms with E-state index in [4.69, 9.17) is 4.55 Å². The normalized spacial score (nSPS) is 11.7. The zero-order chi connectivity index (χ0) is 15.0. The van der Waals surface area contributed by atoms with Gasteiger partial charge in [0.1, 0.15) is 10.1 Å². The van der Waals surface area contributed by atoms with Crippen LogP contribution in [0.15, 0.2) is 58.3 Å². The molecule has 2 aromatic carbocycles. The van der Waals surface area contributed by atoms with Gasteiger partial charge in [-0.3, -0.25) is 4.55 Å². The van der Waals surface area contributed by atoms with E-state index in [1.54, 1.807) is 0 Å². The van der Waals surface area contributed by atoms with E-state index >= 15 is 0 Å². The van der Waals surface area contributed by atoms with Gasteiger partial charge in [-0.15, -0.1) is 0 Å². The van der Waals surface area contributed by atoms with Crippen molar-refractivity contribution in [2.45, 2.75) is 9.79 Å². The second-order valence-electron chi connectivity index (χ2n) is 3.98. The Bertz CT molecular complexity index is 751. The molecule has 0 spiro atoms. The largest absolute Gasteiger partial charge is 1.00 e. The zero-order valence-electron chi connectivity index (χ0n) is 10.9. The first-order valence-electron chi connectivity index (χ1n) is 5.32. The Balaban J connectivity index is 0.00000220. The van der Waals surface area contributed by atoms with E-state index in [2.05, 4.69) is 0 Å². The first-order chi connectivity index (χ1) is 9.18. The summed E-state index contributed by atoms with van der Waals surface area (Å²) in [4.78, 5) is -0.573. The number of hydrogen-bond acceptors (Lipinski definition) is 5. The maximum atomic E-state index is 10.9. The minimum absolute atomic E-state index is 0. The molecule has 9 heteroatoms. The van der Waals surface area contributed by atoms with Crippen LogP contribution in [0.1, 0.15) is 0 Å². The van der Waals surface area contributed by atoms with Gasteiger partial charge < -0.3 is 4.55 Å². The van der Waals surface area contributed by atoms with E-state index < -0.39 is 20.2 Å². The summed E-state index contributed by atoms with van der Waals surface area (Å²) in [5.74, 6) is 0. The number of hydrogen-bond donors (Lipinski definition) is 1. The summed E-state index contributed by atoms with van der Waals surface area (Å²) in [7, 11) is -8.74. The third-order valence-electron chi connectivity index (χ3n) is 2.63. The third-order valence-corrected chi connectivity index (χ3v) is 4.35.